The molecule has 0 aromatic heterocycles. The lowest BCUT2D eigenvalue weighted by Gasteiger charge is -2.16. The quantitative estimate of drug-likeness (QED) is 0.602. The van der Waals surface area contributed by atoms with Crippen LogP contribution in [0.25, 0.3) is 0 Å². The highest BCUT2D eigenvalue weighted by Crippen LogP contribution is 2.29. The van der Waals surface area contributed by atoms with Crippen molar-refractivity contribution in [1.29, 1.82) is 0 Å². The second-order valence-corrected chi connectivity index (χ2v) is 7.80. The van der Waals surface area contributed by atoms with Crippen molar-refractivity contribution in [3.05, 3.63) is 59.7 Å². The molecule has 0 spiro atoms. The fraction of sp³-hybridized carbons (Fsp3) is 0.348. The summed E-state index contributed by atoms with van der Waals surface area (Å²) in [6.07, 6.45) is 0.0324. The fourth-order valence-electron chi connectivity index (χ4n) is 3.20. The molecule has 1 aliphatic heterocycles. The molecule has 2 aromatic carbocycles. The van der Waals surface area contributed by atoms with E-state index in [2.05, 4.69) is 10.6 Å². The van der Waals surface area contributed by atoms with Crippen LogP contribution in [0.3, 0.4) is 0 Å². The second-order valence-electron chi connectivity index (χ2n) is 7.80. The van der Waals surface area contributed by atoms with Gasteiger partial charge in [0.05, 0.1) is 7.11 Å². The minimum Gasteiger partial charge on any atom is -0.493 e. The maximum Gasteiger partial charge on any atom is 0.325 e. The van der Waals surface area contributed by atoms with E-state index in [1.807, 2.05) is 36.4 Å². The molecule has 0 radical (unpaired) electrons. The highest BCUT2D eigenvalue weighted by atomic mass is 16.5. The molecule has 1 aliphatic rings. The maximum atomic E-state index is 12.2. The van der Waals surface area contributed by atoms with Crippen molar-refractivity contribution in [2.24, 2.45) is 0 Å². The second kappa shape index (κ2) is 9.51. The summed E-state index contributed by atoms with van der Waals surface area (Å²) < 4.78 is 11.3. The van der Waals surface area contributed by atoms with Crippen LogP contribution in [0.2, 0.25) is 0 Å². The Bertz CT molecular complexity index is 959. The van der Waals surface area contributed by atoms with Crippen molar-refractivity contribution >= 4 is 17.8 Å². The number of rotatable bonds is 9. The standard InChI is InChI=1S/C23H27N3O5/c1-23(2)21(28)26(22(29)25-23)12-11-20(27)24-14-17-9-10-18(19(13-17)30-3)31-15-16-7-5-4-6-8-16/h4-10,13H,11-12,14-15H2,1-3H3,(H,24,27)(H,25,29). The molecule has 31 heavy (non-hydrogen) atoms. The number of nitrogens with zero attached hydrogens (tertiary/aromatic N) is 1. The Labute approximate surface area is 181 Å². The monoisotopic (exact) mass is 425 g/mol. The molecule has 0 atom stereocenters. The highest BCUT2D eigenvalue weighted by molar-refractivity contribution is 6.06. The number of methoxy groups -OCH3 is 1. The van der Waals surface area contributed by atoms with Gasteiger partial charge < -0.3 is 20.1 Å². The molecule has 1 saturated heterocycles. The van der Waals surface area contributed by atoms with Crippen molar-refractivity contribution in [3.63, 3.8) is 0 Å². The van der Waals surface area contributed by atoms with E-state index in [9.17, 15) is 14.4 Å². The smallest absolute Gasteiger partial charge is 0.325 e. The van der Waals surface area contributed by atoms with Crippen LogP contribution in [-0.4, -0.2) is 41.9 Å². The van der Waals surface area contributed by atoms with Crippen LogP contribution in [0, 0.1) is 0 Å². The molecule has 8 nitrogen and oxygen atoms in total. The summed E-state index contributed by atoms with van der Waals surface area (Å²) in [7, 11) is 1.56. The molecule has 8 heteroatoms. The summed E-state index contributed by atoms with van der Waals surface area (Å²) in [5.41, 5.74) is 0.955. The lowest BCUT2D eigenvalue weighted by Crippen LogP contribution is -2.40. The predicted octanol–water partition coefficient (Wildman–Crippen LogP) is 2.61. The zero-order valence-corrected chi connectivity index (χ0v) is 17.9. The van der Waals surface area contributed by atoms with Gasteiger partial charge in [-0.25, -0.2) is 4.79 Å². The van der Waals surface area contributed by atoms with E-state index in [-0.39, 0.29) is 24.8 Å². The number of benzene rings is 2. The van der Waals surface area contributed by atoms with E-state index in [4.69, 9.17) is 9.47 Å². The van der Waals surface area contributed by atoms with Crippen LogP contribution >= 0.6 is 0 Å². The molecule has 0 bridgehead atoms. The third-order valence-electron chi connectivity index (χ3n) is 4.96. The van der Waals surface area contributed by atoms with Gasteiger partial charge in [0.15, 0.2) is 11.5 Å². The van der Waals surface area contributed by atoms with Crippen LogP contribution in [0.1, 0.15) is 31.4 Å². The van der Waals surface area contributed by atoms with Crippen molar-refractivity contribution in [2.45, 2.75) is 39.0 Å². The first kappa shape index (κ1) is 22.1. The summed E-state index contributed by atoms with van der Waals surface area (Å²) in [4.78, 5) is 37.3. The van der Waals surface area contributed by atoms with E-state index in [1.165, 1.54) is 0 Å². The number of nitrogens with one attached hydrogen (secondary N) is 2. The number of carbonyl (C=O) groups excluding carboxylic acids is 3. The third-order valence-corrected chi connectivity index (χ3v) is 4.96. The van der Waals surface area contributed by atoms with Gasteiger partial charge in [0.1, 0.15) is 12.1 Å². The van der Waals surface area contributed by atoms with Crippen LogP contribution in [-0.2, 0) is 22.7 Å². The van der Waals surface area contributed by atoms with Crippen LogP contribution in [0.5, 0.6) is 11.5 Å². The number of carbonyl (C=O) groups is 3. The third kappa shape index (κ3) is 5.53. The maximum absolute atomic E-state index is 12.2. The van der Waals surface area contributed by atoms with Gasteiger partial charge in [-0.3, -0.25) is 14.5 Å². The number of hydrogen-bond acceptors (Lipinski definition) is 5. The Morgan fingerprint density at radius 1 is 1.06 bits per heavy atom. The largest absolute Gasteiger partial charge is 0.493 e. The molecule has 3 rings (SSSR count). The first-order valence-corrected chi connectivity index (χ1v) is 10.0. The first-order valence-electron chi connectivity index (χ1n) is 10.0. The number of hydrogen-bond donors (Lipinski definition) is 2. The van der Waals surface area contributed by atoms with E-state index < -0.39 is 11.6 Å². The summed E-state index contributed by atoms with van der Waals surface area (Å²) in [6, 6.07) is 14.8. The number of urea groups is 1. The van der Waals surface area contributed by atoms with E-state index >= 15 is 0 Å². The minimum absolute atomic E-state index is 0.0324. The molecule has 164 valence electrons. The highest BCUT2D eigenvalue weighted by Gasteiger charge is 2.43. The number of amides is 4. The zero-order chi connectivity index (χ0) is 22.4. The molecule has 1 fully saturated rings. The average molecular weight is 425 g/mol. The van der Waals surface area contributed by atoms with E-state index in [0.29, 0.717) is 24.7 Å². The Kier molecular flexibility index (Phi) is 6.79. The van der Waals surface area contributed by atoms with Crippen LogP contribution < -0.4 is 20.1 Å². The molecule has 1 heterocycles. The molecule has 2 N–H and O–H groups in total. The summed E-state index contributed by atoms with van der Waals surface area (Å²) in [6.45, 7) is 4.02. The van der Waals surface area contributed by atoms with Gasteiger partial charge in [-0.2, -0.15) is 0 Å². The number of imide groups is 1. The van der Waals surface area contributed by atoms with Gasteiger partial charge in [-0.15, -0.1) is 0 Å². The van der Waals surface area contributed by atoms with Crippen molar-refractivity contribution < 1.29 is 23.9 Å². The molecule has 0 unspecified atom stereocenters. The molecule has 2 aromatic rings. The molecular formula is C23H27N3O5. The Hall–Kier alpha value is -3.55. The topological polar surface area (TPSA) is 97.0 Å². The first-order chi connectivity index (χ1) is 14.8. The zero-order valence-electron chi connectivity index (χ0n) is 17.9. The molecule has 0 aliphatic carbocycles. The summed E-state index contributed by atoms with van der Waals surface area (Å²) in [5.74, 6) is 0.599. The van der Waals surface area contributed by atoms with Gasteiger partial charge in [0.25, 0.3) is 5.91 Å². The van der Waals surface area contributed by atoms with Gasteiger partial charge >= 0.3 is 6.03 Å². The van der Waals surface area contributed by atoms with Crippen molar-refractivity contribution in [2.75, 3.05) is 13.7 Å². The van der Waals surface area contributed by atoms with Gasteiger partial charge in [-0.1, -0.05) is 36.4 Å². The Morgan fingerprint density at radius 3 is 2.45 bits per heavy atom. The fourth-order valence-corrected chi connectivity index (χ4v) is 3.20. The summed E-state index contributed by atoms with van der Waals surface area (Å²) >= 11 is 0. The van der Waals surface area contributed by atoms with E-state index in [1.54, 1.807) is 33.1 Å². The normalized spacial score (nSPS) is 14.9. The average Bonchev–Trinajstić information content (AvgIpc) is 2.96. The van der Waals surface area contributed by atoms with E-state index in [0.717, 1.165) is 16.0 Å². The van der Waals surface area contributed by atoms with Crippen LogP contribution in [0.4, 0.5) is 4.79 Å². The summed E-state index contributed by atoms with van der Waals surface area (Å²) in [5, 5.41) is 5.39. The molecule has 4 amide bonds. The van der Waals surface area contributed by atoms with Gasteiger partial charge in [0, 0.05) is 19.5 Å². The lowest BCUT2D eigenvalue weighted by atomic mass is 10.1. The van der Waals surface area contributed by atoms with Crippen LogP contribution in [0.15, 0.2) is 48.5 Å². The van der Waals surface area contributed by atoms with Crippen molar-refractivity contribution in [3.8, 4) is 11.5 Å². The Balaban J connectivity index is 1.50. The van der Waals surface area contributed by atoms with Gasteiger partial charge in [-0.05, 0) is 37.1 Å². The number of ether oxygens (including phenoxy) is 2. The molecule has 0 saturated carbocycles. The molecular weight excluding hydrogens is 398 g/mol. The van der Waals surface area contributed by atoms with Crippen molar-refractivity contribution in [1.82, 2.24) is 15.5 Å². The SMILES string of the molecule is COc1cc(CNC(=O)CCN2C(=O)NC(C)(C)C2=O)ccc1OCc1ccccc1. The predicted molar refractivity (Wildman–Crippen MR) is 115 cm³/mol. The van der Waals surface area contributed by atoms with Gasteiger partial charge in [0.2, 0.25) is 5.91 Å². The Morgan fingerprint density at radius 2 is 1.81 bits per heavy atom. The minimum atomic E-state index is -0.936. The lowest BCUT2D eigenvalue weighted by molar-refractivity contribution is -0.130.